The number of hydrogen-bond donors (Lipinski definition) is 1. The molecule has 0 aliphatic rings. The Hall–Kier alpha value is -1.43. The lowest BCUT2D eigenvalue weighted by atomic mass is 10.2. The minimum atomic E-state index is 0.502. The zero-order valence-electron chi connectivity index (χ0n) is 9.13. The Morgan fingerprint density at radius 3 is 2.83 bits per heavy atom. The van der Waals surface area contributed by atoms with Crippen molar-refractivity contribution < 1.29 is 0 Å². The summed E-state index contributed by atoms with van der Waals surface area (Å²) < 4.78 is 0.764. The molecule has 3 aromatic heterocycles. The molecular weight excluding hydrogens is 286 g/mol. The van der Waals surface area contributed by atoms with E-state index in [1.807, 2.05) is 29.6 Å². The lowest BCUT2D eigenvalue weighted by Gasteiger charge is -1.98. The molecule has 90 valence electrons. The van der Waals surface area contributed by atoms with Crippen LogP contribution in [0.3, 0.4) is 0 Å². The molecule has 0 aliphatic heterocycles. The number of nitrogens with zero attached hydrogens (tertiary/aromatic N) is 2. The number of nitrogens with two attached hydrogens (primary N) is 1. The normalized spacial score (nSPS) is 10.7. The third-order valence-electron chi connectivity index (χ3n) is 2.40. The van der Waals surface area contributed by atoms with Gasteiger partial charge in [-0.2, -0.15) is 0 Å². The Morgan fingerprint density at radius 1 is 1.22 bits per heavy atom. The molecule has 3 aromatic rings. The van der Waals surface area contributed by atoms with Crippen LogP contribution in [0, 0.1) is 0 Å². The zero-order chi connectivity index (χ0) is 12.5. The fourth-order valence-electron chi connectivity index (χ4n) is 1.56. The highest BCUT2D eigenvalue weighted by Crippen LogP contribution is 2.35. The number of hydrogen-bond acceptors (Lipinski definition) is 5. The SMILES string of the molecule is Nc1ncccc1-c1nc(-c2ccc(Cl)s2)cs1. The van der Waals surface area contributed by atoms with Gasteiger partial charge in [-0.3, -0.25) is 0 Å². The van der Waals surface area contributed by atoms with Gasteiger partial charge in [0.1, 0.15) is 10.8 Å². The van der Waals surface area contributed by atoms with Crippen molar-refractivity contribution in [3.63, 3.8) is 0 Å². The Kier molecular flexibility index (Phi) is 3.03. The second-order valence-electron chi connectivity index (χ2n) is 3.58. The maximum absolute atomic E-state index is 5.92. The van der Waals surface area contributed by atoms with Crippen LogP contribution in [0.2, 0.25) is 4.34 Å². The molecule has 0 atom stereocenters. The first kappa shape index (κ1) is 11.6. The van der Waals surface area contributed by atoms with Crippen LogP contribution >= 0.6 is 34.3 Å². The summed E-state index contributed by atoms with van der Waals surface area (Å²) >= 11 is 8.99. The molecule has 2 N–H and O–H groups in total. The number of thiophene rings is 1. The largest absolute Gasteiger partial charge is 0.383 e. The number of nitrogen functional groups attached to an aromatic ring is 1. The smallest absolute Gasteiger partial charge is 0.133 e. The lowest BCUT2D eigenvalue weighted by molar-refractivity contribution is 1.32. The van der Waals surface area contributed by atoms with E-state index >= 15 is 0 Å². The number of pyridine rings is 1. The van der Waals surface area contributed by atoms with E-state index in [1.165, 1.54) is 11.3 Å². The molecule has 0 amide bonds. The van der Waals surface area contributed by atoms with E-state index in [2.05, 4.69) is 9.97 Å². The minimum absolute atomic E-state index is 0.502. The first-order valence-electron chi connectivity index (χ1n) is 5.16. The summed E-state index contributed by atoms with van der Waals surface area (Å²) in [5.41, 5.74) is 7.64. The molecule has 3 rings (SSSR count). The maximum atomic E-state index is 5.92. The van der Waals surface area contributed by atoms with Crippen molar-refractivity contribution in [1.82, 2.24) is 9.97 Å². The molecule has 3 nitrogen and oxygen atoms in total. The molecule has 0 spiro atoms. The molecular formula is C12H8ClN3S2. The summed E-state index contributed by atoms with van der Waals surface area (Å²) in [6.07, 6.45) is 1.67. The molecule has 0 radical (unpaired) electrons. The van der Waals surface area contributed by atoms with Gasteiger partial charge in [0.05, 0.1) is 20.5 Å². The highest BCUT2D eigenvalue weighted by Gasteiger charge is 2.10. The quantitative estimate of drug-likeness (QED) is 0.771. The predicted molar refractivity (Wildman–Crippen MR) is 78.1 cm³/mol. The van der Waals surface area contributed by atoms with Gasteiger partial charge in [0, 0.05) is 11.6 Å². The van der Waals surface area contributed by atoms with Crippen LogP contribution in [0.5, 0.6) is 0 Å². The van der Waals surface area contributed by atoms with Crippen LogP contribution in [0.25, 0.3) is 21.1 Å². The highest BCUT2D eigenvalue weighted by atomic mass is 35.5. The van der Waals surface area contributed by atoms with Crippen molar-refractivity contribution in [2.24, 2.45) is 0 Å². The van der Waals surface area contributed by atoms with Crippen molar-refractivity contribution >= 4 is 40.1 Å². The van der Waals surface area contributed by atoms with Crippen molar-refractivity contribution in [3.05, 3.63) is 40.2 Å². The van der Waals surface area contributed by atoms with Gasteiger partial charge in [0.25, 0.3) is 0 Å². The number of anilines is 1. The molecule has 0 aromatic carbocycles. The summed E-state index contributed by atoms with van der Waals surface area (Å²) in [5, 5.41) is 2.88. The lowest BCUT2D eigenvalue weighted by Crippen LogP contribution is -1.92. The number of thiazole rings is 1. The maximum Gasteiger partial charge on any atom is 0.133 e. The Bertz CT molecular complexity index is 690. The van der Waals surface area contributed by atoms with Gasteiger partial charge in [-0.25, -0.2) is 9.97 Å². The minimum Gasteiger partial charge on any atom is -0.383 e. The van der Waals surface area contributed by atoms with Crippen molar-refractivity contribution in [3.8, 4) is 21.1 Å². The van der Waals surface area contributed by atoms with Crippen LogP contribution < -0.4 is 5.73 Å². The van der Waals surface area contributed by atoms with Crippen LogP contribution in [0.4, 0.5) is 5.82 Å². The van der Waals surface area contributed by atoms with Crippen LogP contribution in [-0.2, 0) is 0 Å². The van der Waals surface area contributed by atoms with E-state index in [-0.39, 0.29) is 0 Å². The number of rotatable bonds is 2. The molecule has 0 fully saturated rings. The zero-order valence-corrected chi connectivity index (χ0v) is 11.5. The van der Waals surface area contributed by atoms with Crippen LogP contribution in [0.1, 0.15) is 0 Å². The third kappa shape index (κ3) is 2.12. The van der Waals surface area contributed by atoms with E-state index < -0.39 is 0 Å². The Balaban J connectivity index is 2.02. The van der Waals surface area contributed by atoms with Crippen molar-refractivity contribution in [2.45, 2.75) is 0 Å². The van der Waals surface area contributed by atoms with Crippen LogP contribution in [-0.4, -0.2) is 9.97 Å². The second kappa shape index (κ2) is 4.68. The van der Waals surface area contributed by atoms with Gasteiger partial charge in [0.2, 0.25) is 0 Å². The first-order chi connectivity index (χ1) is 8.74. The molecule has 0 bridgehead atoms. The topological polar surface area (TPSA) is 51.8 Å². The average molecular weight is 294 g/mol. The third-order valence-corrected chi connectivity index (χ3v) is 4.53. The fraction of sp³-hybridized carbons (Fsp3) is 0. The Morgan fingerprint density at radius 2 is 2.11 bits per heavy atom. The predicted octanol–water partition coefficient (Wildman–Crippen LogP) is 4.17. The molecule has 18 heavy (non-hydrogen) atoms. The summed E-state index contributed by atoms with van der Waals surface area (Å²) in [7, 11) is 0. The first-order valence-corrected chi connectivity index (χ1v) is 7.23. The molecule has 0 unspecified atom stereocenters. The highest BCUT2D eigenvalue weighted by molar-refractivity contribution is 7.20. The summed E-state index contributed by atoms with van der Waals surface area (Å²) in [5.74, 6) is 0.502. The monoisotopic (exact) mass is 293 g/mol. The van der Waals surface area contributed by atoms with E-state index in [0.717, 1.165) is 25.5 Å². The van der Waals surface area contributed by atoms with Crippen LogP contribution in [0.15, 0.2) is 35.8 Å². The molecule has 0 saturated carbocycles. The second-order valence-corrected chi connectivity index (χ2v) is 6.15. The van der Waals surface area contributed by atoms with Gasteiger partial charge < -0.3 is 5.73 Å². The summed E-state index contributed by atoms with van der Waals surface area (Å²) in [4.78, 5) is 9.70. The van der Waals surface area contributed by atoms with Crippen molar-refractivity contribution in [2.75, 3.05) is 5.73 Å². The Labute approximate surface area is 117 Å². The van der Waals surface area contributed by atoms with E-state index in [4.69, 9.17) is 17.3 Å². The van der Waals surface area contributed by atoms with E-state index in [9.17, 15) is 0 Å². The van der Waals surface area contributed by atoms with Crippen molar-refractivity contribution in [1.29, 1.82) is 0 Å². The molecule has 6 heteroatoms. The van der Waals surface area contributed by atoms with E-state index in [1.54, 1.807) is 17.5 Å². The summed E-state index contributed by atoms with van der Waals surface area (Å²) in [6, 6.07) is 7.62. The number of halogens is 1. The number of aromatic nitrogens is 2. The van der Waals surface area contributed by atoms with Gasteiger partial charge in [0.15, 0.2) is 0 Å². The average Bonchev–Trinajstić information content (AvgIpc) is 2.98. The standard InChI is InChI=1S/C12H8ClN3S2/c13-10-4-3-9(18-10)8-6-17-12(16-8)7-2-1-5-15-11(7)14/h1-6H,(H2,14,15). The van der Waals surface area contributed by atoms with E-state index in [0.29, 0.717) is 5.82 Å². The van der Waals surface area contributed by atoms with Gasteiger partial charge >= 0.3 is 0 Å². The van der Waals surface area contributed by atoms with Gasteiger partial charge in [-0.15, -0.1) is 22.7 Å². The fourth-order valence-corrected chi connectivity index (χ4v) is 3.49. The van der Waals surface area contributed by atoms with Gasteiger partial charge in [-0.1, -0.05) is 11.6 Å². The molecule has 3 heterocycles. The van der Waals surface area contributed by atoms with Gasteiger partial charge in [-0.05, 0) is 24.3 Å². The molecule has 0 saturated heterocycles. The molecule has 0 aliphatic carbocycles. The summed E-state index contributed by atoms with van der Waals surface area (Å²) in [6.45, 7) is 0.